The van der Waals surface area contributed by atoms with Crippen LogP contribution >= 0.6 is 0 Å². The number of hydrogen-bond acceptors (Lipinski definition) is 6. The molecule has 4 heterocycles. The maximum absolute atomic E-state index is 5.69. The van der Waals surface area contributed by atoms with Crippen LogP contribution in [0.4, 0.5) is 5.69 Å². The molecule has 1 atom stereocenters. The monoisotopic (exact) mass is 285 g/mol. The van der Waals surface area contributed by atoms with Crippen molar-refractivity contribution in [3.05, 3.63) is 41.5 Å². The van der Waals surface area contributed by atoms with Crippen molar-refractivity contribution in [2.24, 2.45) is 0 Å². The predicted octanol–water partition coefficient (Wildman–Crippen LogP) is 0.915. The Hall–Kier alpha value is -1.92. The van der Waals surface area contributed by atoms with Gasteiger partial charge in [-0.25, -0.2) is 0 Å². The summed E-state index contributed by atoms with van der Waals surface area (Å²) in [7, 11) is 0. The third-order valence-corrected chi connectivity index (χ3v) is 4.40. The Bertz CT molecular complexity index is 615. The number of fused-ring (bicyclic) bond motifs is 3. The minimum atomic E-state index is 0.288. The molecule has 21 heavy (non-hydrogen) atoms. The van der Waals surface area contributed by atoms with E-state index < -0.39 is 0 Å². The molecule has 6 heteroatoms. The molecule has 5 rings (SSSR count). The number of piperazine rings is 3. The largest absolute Gasteiger partial charge is 0.399 e. The molecule has 0 aliphatic carbocycles. The van der Waals surface area contributed by atoms with E-state index in [1.807, 2.05) is 24.3 Å². The van der Waals surface area contributed by atoms with Gasteiger partial charge in [-0.3, -0.25) is 9.80 Å². The van der Waals surface area contributed by atoms with Crippen molar-refractivity contribution < 1.29 is 4.52 Å². The molecule has 2 aromatic rings. The third-order valence-electron chi connectivity index (χ3n) is 4.40. The second-order valence-electron chi connectivity index (χ2n) is 5.82. The predicted molar refractivity (Wildman–Crippen MR) is 78.7 cm³/mol. The fourth-order valence-electron chi connectivity index (χ4n) is 3.15. The molecular weight excluding hydrogens is 266 g/mol. The van der Waals surface area contributed by atoms with Crippen LogP contribution < -0.4 is 5.73 Å². The van der Waals surface area contributed by atoms with Crippen LogP contribution in [0, 0.1) is 0 Å². The molecular formula is C15H19N5O. The highest BCUT2D eigenvalue weighted by Crippen LogP contribution is 2.27. The molecule has 2 bridgehead atoms. The summed E-state index contributed by atoms with van der Waals surface area (Å²) < 4.78 is 5.42. The van der Waals surface area contributed by atoms with Crippen molar-refractivity contribution in [3.63, 3.8) is 0 Å². The number of hydrogen-bond donors (Lipinski definition) is 1. The van der Waals surface area contributed by atoms with Crippen LogP contribution in [0.3, 0.4) is 0 Å². The molecule has 3 saturated heterocycles. The fourth-order valence-corrected chi connectivity index (χ4v) is 3.15. The first-order chi connectivity index (χ1) is 10.3. The second kappa shape index (κ2) is 5.13. The van der Waals surface area contributed by atoms with E-state index in [0.29, 0.717) is 12.3 Å². The van der Waals surface area contributed by atoms with Gasteiger partial charge in [-0.2, -0.15) is 4.98 Å². The lowest BCUT2D eigenvalue weighted by Crippen LogP contribution is -2.57. The van der Waals surface area contributed by atoms with Gasteiger partial charge in [0.25, 0.3) is 0 Å². The molecule has 3 fully saturated rings. The van der Waals surface area contributed by atoms with E-state index >= 15 is 0 Å². The summed E-state index contributed by atoms with van der Waals surface area (Å²) >= 11 is 0. The number of benzene rings is 1. The summed E-state index contributed by atoms with van der Waals surface area (Å²) in [6.45, 7) is 5.54. The van der Waals surface area contributed by atoms with Crippen molar-refractivity contribution in [2.45, 2.75) is 12.5 Å². The van der Waals surface area contributed by atoms with Gasteiger partial charge in [-0.15, -0.1) is 0 Å². The first-order valence-electron chi connectivity index (χ1n) is 7.41. The highest BCUT2D eigenvalue weighted by atomic mass is 16.5. The number of nitrogens with zero attached hydrogens (tertiary/aromatic N) is 4. The third kappa shape index (κ3) is 2.52. The maximum atomic E-state index is 5.69. The lowest BCUT2D eigenvalue weighted by atomic mass is 10.1. The molecule has 0 amide bonds. The van der Waals surface area contributed by atoms with Crippen molar-refractivity contribution in [2.75, 3.05) is 38.5 Å². The van der Waals surface area contributed by atoms with Gasteiger partial charge < -0.3 is 10.3 Å². The van der Waals surface area contributed by atoms with E-state index in [-0.39, 0.29) is 6.04 Å². The van der Waals surface area contributed by atoms with Gasteiger partial charge in [0.2, 0.25) is 5.89 Å². The molecule has 110 valence electrons. The summed E-state index contributed by atoms with van der Waals surface area (Å²) in [5, 5.41) is 4.19. The summed E-state index contributed by atoms with van der Waals surface area (Å²) in [4.78, 5) is 9.52. The van der Waals surface area contributed by atoms with Crippen LogP contribution in [0.25, 0.3) is 0 Å². The van der Waals surface area contributed by atoms with Crippen LogP contribution in [0.1, 0.15) is 23.3 Å². The Morgan fingerprint density at radius 1 is 1.14 bits per heavy atom. The number of anilines is 1. The minimum Gasteiger partial charge on any atom is -0.399 e. The summed E-state index contributed by atoms with van der Waals surface area (Å²) in [5.41, 5.74) is 7.60. The SMILES string of the molecule is Nc1ccc(Cc2nc(C3CN4CCN3CC4)no2)cc1. The van der Waals surface area contributed by atoms with Gasteiger partial charge in [0, 0.05) is 38.4 Å². The Kier molecular flexibility index (Phi) is 3.12. The van der Waals surface area contributed by atoms with Gasteiger partial charge in [-0.1, -0.05) is 17.3 Å². The summed E-state index contributed by atoms with van der Waals surface area (Å²) in [5.74, 6) is 1.50. The zero-order chi connectivity index (χ0) is 14.2. The van der Waals surface area contributed by atoms with E-state index in [4.69, 9.17) is 10.3 Å². The molecule has 6 nitrogen and oxygen atoms in total. The Balaban J connectivity index is 1.49. The quantitative estimate of drug-likeness (QED) is 0.845. The van der Waals surface area contributed by atoms with Gasteiger partial charge in [0.05, 0.1) is 12.5 Å². The molecule has 0 radical (unpaired) electrons. The first-order valence-corrected chi connectivity index (χ1v) is 7.41. The van der Waals surface area contributed by atoms with Crippen LogP contribution in [-0.2, 0) is 6.42 Å². The molecule has 2 N–H and O–H groups in total. The van der Waals surface area contributed by atoms with Crippen LogP contribution in [-0.4, -0.2) is 52.7 Å². The highest BCUT2D eigenvalue weighted by Gasteiger charge is 2.35. The van der Waals surface area contributed by atoms with Crippen LogP contribution in [0.5, 0.6) is 0 Å². The standard InChI is InChI=1S/C15H19N5O/c16-12-3-1-11(2-4-12)9-14-17-15(18-21-14)13-10-19-5-7-20(13)8-6-19/h1-4,13H,5-10,16H2. The lowest BCUT2D eigenvalue weighted by Gasteiger charge is -2.46. The smallest absolute Gasteiger partial charge is 0.231 e. The molecule has 0 spiro atoms. The Morgan fingerprint density at radius 2 is 1.90 bits per heavy atom. The maximum Gasteiger partial charge on any atom is 0.231 e. The molecule has 3 aliphatic rings. The van der Waals surface area contributed by atoms with Crippen molar-refractivity contribution in [1.82, 2.24) is 19.9 Å². The average Bonchev–Trinajstić information content (AvgIpc) is 2.99. The second-order valence-corrected chi connectivity index (χ2v) is 5.82. The molecule has 0 saturated carbocycles. The number of nitrogens with two attached hydrogens (primary N) is 1. The first kappa shape index (κ1) is 12.8. The molecule has 3 aliphatic heterocycles. The molecule has 1 aromatic carbocycles. The topological polar surface area (TPSA) is 71.4 Å². The minimum absolute atomic E-state index is 0.288. The summed E-state index contributed by atoms with van der Waals surface area (Å²) in [6, 6.07) is 8.07. The van der Waals surface area contributed by atoms with E-state index in [9.17, 15) is 0 Å². The zero-order valence-electron chi connectivity index (χ0n) is 11.9. The lowest BCUT2D eigenvalue weighted by molar-refractivity contribution is 0.00781. The van der Waals surface area contributed by atoms with E-state index in [1.54, 1.807) is 0 Å². The zero-order valence-corrected chi connectivity index (χ0v) is 11.9. The number of aromatic nitrogens is 2. The van der Waals surface area contributed by atoms with E-state index in [0.717, 1.165) is 49.8 Å². The molecule has 1 aromatic heterocycles. The normalized spacial score (nSPS) is 27.9. The Labute approximate surface area is 123 Å². The van der Waals surface area contributed by atoms with Gasteiger partial charge in [0.15, 0.2) is 5.82 Å². The number of rotatable bonds is 3. The van der Waals surface area contributed by atoms with E-state index in [1.165, 1.54) is 0 Å². The van der Waals surface area contributed by atoms with Gasteiger partial charge >= 0.3 is 0 Å². The van der Waals surface area contributed by atoms with Gasteiger partial charge in [0.1, 0.15) is 0 Å². The highest BCUT2D eigenvalue weighted by molar-refractivity contribution is 5.39. The molecule has 1 unspecified atom stereocenters. The number of nitrogen functional groups attached to an aromatic ring is 1. The van der Waals surface area contributed by atoms with Crippen molar-refractivity contribution >= 4 is 5.69 Å². The fraction of sp³-hybridized carbons (Fsp3) is 0.467. The van der Waals surface area contributed by atoms with E-state index in [2.05, 4.69) is 19.9 Å². The summed E-state index contributed by atoms with van der Waals surface area (Å²) in [6.07, 6.45) is 0.656. The van der Waals surface area contributed by atoms with Gasteiger partial charge in [-0.05, 0) is 17.7 Å². The Morgan fingerprint density at radius 3 is 2.57 bits per heavy atom. The van der Waals surface area contributed by atoms with Crippen molar-refractivity contribution in [1.29, 1.82) is 0 Å². The van der Waals surface area contributed by atoms with Crippen LogP contribution in [0.15, 0.2) is 28.8 Å². The average molecular weight is 285 g/mol. The van der Waals surface area contributed by atoms with Crippen LogP contribution in [0.2, 0.25) is 0 Å². The van der Waals surface area contributed by atoms with Crippen molar-refractivity contribution in [3.8, 4) is 0 Å².